The fourth-order valence-electron chi connectivity index (χ4n) is 6.82. The third-order valence-corrected chi connectivity index (χ3v) is 12.0. The Morgan fingerprint density at radius 3 is 2.19 bits per heavy atom. The minimum absolute atomic E-state index is 0.118. The number of fused-ring (bicyclic) bond motifs is 1. The van der Waals surface area contributed by atoms with Gasteiger partial charge in [0, 0.05) is 70.7 Å². The van der Waals surface area contributed by atoms with Crippen molar-refractivity contribution in [3.05, 3.63) is 81.4 Å². The van der Waals surface area contributed by atoms with Crippen LogP contribution in [-0.4, -0.2) is 109 Å². The van der Waals surface area contributed by atoms with E-state index in [-0.39, 0.29) is 70.8 Å². The molecule has 0 aliphatic heterocycles. The average molecular weight is 895 g/mol. The highest BCUT2D eigenvalue weighted by atomic mass is 32.2. The molecule has 63 heavy (non-hydrogen) atoms. The first-order chi connectivity index (χ1) is 29.9. The second-order valence-electron chi connectivity index (χ2n) is 15.0. The van der Waals surface area contributed by atoms with E-state index in [0.29, 0.717) is 43.0 Å². The number of ether oxygens (including phenoxy) is 1. The van der Waals surface area contributed by atoms with Crippen molar-refractivity contribution in [2.24, 2.45) is 14.1 Å². The highest BCUT2D eigenvalue weighted by molar-refractivity contribution is 7.89. The molecule has 3 atom stereocenters. The fourth-order valence-corrected chi connectivity index (χ4v) is 8.46. The number of imidazole rings is 1. The molecule has 0 spiro atoms. The first-order valence-corrected chi connectivity index (χ1v) is 22.0. The van der Waals surface area contributed by atoms with Gasteiger partial charge in [-0.2, -0.15) is 4.72 Å². The van der Waals surface area contributed by atoms with Gasteiger partial charge in [-0.05, 0) is 81.1 Å². The number of aliphatic carboxylic acids is 1. The molecule has 0 saturated heterocycles. The van der Waals surface area contributed by atoms with E-state index in [1.54, 1.807) is 50.1 Å². The summed E-state index contributed by atoms with van der Waals surface area (Å²) in [7, 11) is 0.742. The number of nitrogens with zero attached hydrogens (tertiary/aromatic N) is 3. The molecule has 4 amide bonds. The van der Waals surface area contributed by atoms with Crippen molar-refractivity contribution in [3.63, 3.8) is 0 Å². The van der Waals surface area contributed by atoms with Crippen LogP contribution in [0.5, 0.6) is 5.75 Å². The number of rotatable bonds is 24. The van der Waals surface area contributed by atoms with E-state index in [1.165, 1.54) is 32.2 Å². The molecule has 342 valence electrons. The zero-order valence-electron chi connectivity index (χ0n) is 36.6. The van der Waals surface area contributed by atoms with Gasteiger partial charge in [0.05, 0.1) is 23.1 Å². The number of carbonyl (C=O) groups excluding carboxylic acids is 4. The van der Waals surface area contributed by atoms with Gasteiger partial charge in [-0.15, -0.1) is 0 Å². The number of hydrogen-bond donors (Lipinski definition) is 8. The van der Waals surface area contributed by atoms with Crippen molar-refractivity contribution in [2.75, 3.05) is 38.6 Å². The number of likely N-dealkylation sites (N-methyl/N-ethyl adjacent to an activating group) is 1. The van der Waals surface area contributed by atoms with E-state index in [0.717, 1.165) is 5.56 Å². The Bertz CT molecular complexity index is 2440. The second-order valence-corrected chi connectivity index (χ2v) is 16.6. The lowest BCUT2D eigenvalue weighted by Crippen LogP contribution is -2.52. The van der Waals surface area contributed by atoms with Crippen LogP contribution >= 0.6 is 0 Å². The van der Waals surface area contributed by atoms with Gasteiger partial charge in [-0.25, -0.2) is 13.4 Å². The van der Waals surface area contributed by atoms with Crippen molar-refractivity contribution < 1.29 is 42.2 Å². The maximum atomic E-state index is 13.6. The zero-order valence-corrected chi connectivity index (χ0v) is 37.4. The smallest absolute Gasteiger partial charge is 0.323 e. The average Bonchev–Trinajstić information content (AvgIpc) is 3.65. The number of amides is 4. The summed E-state index contributed by atoms with van der Waals surface area (Å²) in [6.45, 7) is 6.93. The van der Waals surface area contributed by atoms with Gasteiger partial charge in [0.1, 0.15) is 23.4 Å². The fraction of sp³-hybridized carbons (Fsp3) is 0.452. The summed E-state index contributed by atoms with van der Waals surface area (Å²) in [5, 5.41) is 26.8. The van der Waals surface area contributed by atoms with Gasteiger partial charge >= 0.3 is 5.97 Å². The van der Waals surface area contributed by atoms with Crippen molar-refractivity contribution in [2.45, 2.75) is 82.9 Å². The number of pyridine rings is 1. The number of carbonyl (C=O) groups is 5. The first-order valence-electron chi connectivity index (χ1n) is 20.5. The topological polar surface area (TPSA) is 273 Å². The lowest BCUT2D eigenvalue weighted by atomic mass is 10.1. The van der Waals surface area contributed by atoms with Gasteiger partial charge < -0.3 is 50.9 Å². The number of aryl methyl sites for hydroxylation is 4. The van der Waals surface area contributed by atoms with E-state index in [4.69, 9.17) is 4.74 Å². The summed E-state index contributed by atoms with van der Waals surface area (Å²) >= 11 is 0. The number of nitrogens with one attached hydrogen (secondary N) is 7. The Morgan fingerprint density at radius 2 is 1.57 bits per heavy atom. The molecule has 4 rings (SSSR count). The van der Waals surface area contributed by atoms with E-state index in [2.05, 4.69) is 41.6 Å². The van der Waals surface area contributed by atoms with Crippen LogP contribution in [0.25, 0.3) is 10.9 Å². The number of sulfonamides is 1. The van der Waals surface area contributed by atoms with E-state index < -0.39 is 52.0 Å². The maximum Gasteiger partial charge on any atom is 0.323 e. The quantitative estimate of drug-likeness (QED) is 0.0456. The van der Waals surface area contributed by atoms with Crippen LogP contribution in [0.15, 0.2) is 58.6 Å². The molecule has 0 radical (unpaired) electrons. The van der Waals surface area contributed by atoms with Gasteiger partial charge in [0.15, 0.2) is 0 Å². The minimum Gasteiger partial charge on any atom is -0.494 e. The van der Waals surface area contributed by atoms with Crippen LogP contribution in [-0.2, 0) is 49.8 Å². The molecule has 2 heterocycles. The van der Waals surface area contributed by atoms with Crippen LogP contribution in [0.4, 0.5) is 5.95 Å². The van der Waals surface area contributed by atoms with Crippen LogP contribution in [0, 0.1) is 13.8 Å². The Balaban J connectivity index is 1.26. The van der Waals surface area contributed by atoms with Crippen molar-refractivity contribution in [1.82, 2.24) is 45.4 Å². The van der Waals surface area contributed by atoms with Crippen molar-refractivity contribution >= 4 is 56.5 Å². The van der Waals surface area contributed by atoms with Crippen LogP contribution in [0.1, 0.15) is 66.6 Å². The molecule has 0 fully saturated rings. The van der Waals surface area contributed by atoms with Crippen molar-refractivity contribution in [3.8, 4) is 5.75 Å². The summed E-state index contributed by atoms with van der Waals surface area (Å²) in [4.78, 5) is 80.1. The molecule has 0 aliphatic carbocycles. The molecule has 8 N–H and O–H groups in total. The number of hydrogen-bond acceptors (Lipinski definition) is 12. The monoisotopic (exact) mass is 894 g/mol. The Morgan fingerprint density at radius 1 is 0.889 bits per heavy atom. The summed E-state index contributed by atoms with van der Waals surface area (Å²) in [5.74, 6) is -2.31. The third-order valence-electron chi connectivity index (χ3n) is 10.2. The molecule has 2 aromatic carbocycles. The van der Waals surface area contributed by atoms with Crippen LogP contribution < -0.4 is 46.8 Å². The number of carboxylic acids is 1. The molecule has 4 aromatic rings. The zero-order chi connectivity index (χ0) is 46.4. The first kappa shape index (κ1) is 49.3. The van der Waals surface area contributed by atoms with E-state index in [1.807, 2.05) is 24.6 Å². The highest BCUT2D eigenvalue weighted by Crippen LogP contribution is 2.26. The normalized spacial score (nSPS) is 12.8. The number of anilines is 1. The molecule has 21 heteroatoms. The van der Waals surface area contributed by atoms with E-state index >= 15 is 0 Å². The lowest BCUT2D eigenvalue weighted by Gasteiger charge is -2.20. The molecular formula is C42H58N10O10S. The predicted molar refractivity (Wildman–Crippen MR) is 236 cm³/mol. The van der Waals surface area contributed by atoms with Crippen LogP contribution in [0.2, 0.25) is 0 Å². The standard InChI is InChI=1S/C42H58N10O10S/c1-8-31(43-5)40(57)49-32(9-2)39(56)45-15-14-44-35(53)11-10-18-62-28-19-25(3)37(26(4)20-28)63(60,61)50-33(41(58)59)23-47-38(55)30-24-52(7)34-21-27(12-13-29(34)36(30)54)22-48-42-46-16-17-51(42)6/h12-13,16-17,19-21,24,31-33,43,50H,8-11,14-15,18,22-23H2,1-7H3,(H,44,53)(H,45,56)(H,46,48)(H,47,55)(H,49,57)(H,58,59)/t31-,32-,33-/m0/s1. The summed E-state index contributed by atoms with van der Waals surface area (Å²) in [6.07, 6.45) is 6.23. The molecular weight excluding hydrogens is 837 g/mol. The Kier molecular flexibility index (Phi) is 17.8. The third kappa shape index (κ3) is 13.3. The maximum absolute atomic E-state index is 13.6. The minimum atomic E-state index is -4.45. The summed E-state index contributed by atoms with van der Waals surface area (Å²) < 4.78 is 38.5. The largest absolute Gasteiger partial charge is 0.494 e. The van der Waals surface area contributed by atoms with Gasteiger partial charge in [-0.1, -0.05) is 19.9 Å². The van der Waals surface area contributed by atoms with Gasteiger partial charge in [0.25, 0.3) is 5.91 Å². The molecule has 20 nitrogen and oxygen atoms in total. The van der Waals surface area contributed by atoms with Gasteiger partial charge in [-0.3, -0.25) is 28.8 Å². The molecule has 0 saturated carbocycles. The molecule has 0 unspecified atom stereocenters. The van der Waals surface area contributed by atoms with Crippen molar-refractivity contribution in [1.29, 1.82) is 0 Å². The van der Waals surface area contributed by atoms with Gasteiger partial charge in [0.2, 0.25) is 39.1 Å². The number of carboxylic acid groups (broad SMARTS) is 1. The molecule has 2 aromatic heterocycles. The van der Waals surface area contributed by atoms with E-state index in [9.17, 15) is 42.3 Å². The second kappa shape index (κ2) is 22.7. The van der Waals surface area contributed by atoms with Crippen LogP contribution in [0.3, 0.4) is 0 Å². The molecule has 0 bridgehead atoms. The predicted octanol–water partition coefficient (Wildman–Crippen LogP) is 0.947. The SMILES string of the molecule is CC[C@H](NC)C(=O)N[C@@H](CC)C(=O)NCCNC(=O)CCCOc1cc(C)c(S(=O)(=O)N[C@@H](CNC(=O)c2cn(C)c3cc(CNc4nccn4C)ccc3c2=O)C(=O)O)c(C)c1. The summed E-state index contributed by atoms with van der Waals surface area (Å²) in [6, 6.07) is 5.23. The Labute approximate surface area is 366 Å². The Hall–Kier alpha value is -6.32. The number of benzene rings is 2. The number of aromatic nitrogens is 3. The molecule has 0 aliphatic rings. The highest BCUT2D eigenvalue weighted by Gasteiger charge is 2.29. The summed E-state index contributed by atoms with van der Waals surface area (Å²) in [5.41, 5.74) is 1.12. The lowest BCUT2D eigenvalue weighted by molar-refractivity contribution is -0.138.